The van der Waals surface area contributed by atoms with E-state index in [9.17, 15) is 4.79 Å². The van der Waals surface area contributed by atoms with Crippen LogP contribution < -0.4 is 10.1 Å². The summed E-state index contributed by atoms with van der Waals surface area (Å²) in [7, 11) is 0. The maximum absolute atomic E-state index is 11.8. The van der Waals surface area contributed by atoms with Gasteiger partial charge < -0.3 is 14.6 Å². The number of ether oxygens (including phenoxy) is 1. The Kier molecular flexibility index (Phi) is 2.28. The summed E-state index contributed by atoms with van der Waals surface area (Å²) < 4.78 is 11.7. The van der Waals surface area contributed by atoms with Gasteiger partial charge >= 0.3 is 0 Å². The Balaban J connectivity index is 1.79. The number of nitrogens with one attached hydrogen (secondary N) is 1. The van der Waals surface area contributed by atoms with Crippen LogP contribution >= 0.6 is 0 Å². The first-order valence-electron chi connectivity index (χ1n) is 5.25. The highest BCUT2D eigenvalue weighted by Gasteiger charge is 2.18. The normalized spacial score (nSPS) is 13.9. The van der Waals surface area contributed by atoms with Gasteiger partial charge in [0.1, 0.15) is 6.26 Å². The van der Waals surface area contributed by atoms with Crippen molar-refractivity contribution in [3.05, 3.63) is 24.1 Å². The third kappa shape index (κ3) is 1.86. The fourth-order valence-electron chi connectivity index (χ4n) is 1.64. The summed E-state index contributed by atoms with van der Waals surface area (Å²) in [6.45, 7) is 1.43. The zero-order valence-electron chi connectivity index (χ0n) is 8.92. The van der Waals surface area contributed by atoms with Gasteiger partial charge in [0.25, 0.3) is 5.91 Å². The Hall–Kier alpha value is -2.31. The summed E-state index contributed by atoms with van der Waals surface area (Å²) in [4.78, 5) is 11.8. The van der Waals surface area contributed by atoms with Crippen molar-refractivity contribution in [1.29, 1.82) is 0 Å². The summed E-state index contributed by atoms with van der Waals surface area (Å²) >= 11 is 0. The third-order valence-corrected chi connectivity index (χ3v) is 2.42. The van der Waals surface area contributed by atoms with Gasteiger partial charge in [-0.3, -0.25) is 4.79 Å². The summed E-state index contributed by atoms with van der Waals surface area (Å²) in [6, 6.07) is 3.18. The number of nitrogens with zero attached hydrogens (tertiary/aromatic N) is 3. The Morgan fingerprint density at radius 2 is 2.47 bits per heavy atom. The molecule has 1 aliphatic rings. The van der Waals surface area contributed by atoms with Crippen LogP contribution in [0, 0.1) is 0 Å². The van der Waals surface area contributed by atoms with Crippen LogP contribution in [-0.4, -0.2) is 27.5 Å². The molecule has 0 radical (unpaired) electrons. The second-order valence-corrected chi connectivity index (χ2v) is 3.63. The van der Waals surface area contributed by atoms with Crippen LogP contribution in [0.3, 0.4) is 0 Å². The van der Waals surface area contributed by atoms with Gasteiger partial charge in [0.05, 0.1) is 6.61 Å². The minimum Gasteiger partial charge on any atom is -0.478 e. The molecule has 88 valence electrons. The second kappa shape index (κ2) is 3.93. The van der Waals surface area contributed by atoms with Crippen molar-refractivity contribution in [3.8, 4) is 5.88 Å². The van der Waals surface area contributed by atoms with E-state index in [4.69, 9.17) is 4.74 Å². The maximum Gasteiger partial charge on any atom is 0.277 e. The Labute approximate surface area is 96.3 Å². The quantitative estimate of drug-likeness (QED) is 0.834. The lowest BCUT2D eigenvalue weighted by Gasteiger charge is -2.13. The molecule has 0 saturated heterocycles. The van der Waals surface area contributed by atoms with Crippen LogP contribution in [0.25, 0.3) is 0 Å². The van der Waals surface area contributed by atoms with Crippen LogP contribution in [0.1, 0.15) is 16.9 Å². The van der Waals surface area contributed by atoms with E-state index in [0.29, 0.717) is 24.0 Å². The van der Waals surface area contributed by atoms with Gasteiger partial charge in [-0.2, -0.15) is 5.10 Å². The van der Waals surface area contributed by atoms with Crippen LogP contribution in [0.5, 0.6) is 5.88 Å². The summed E-state index contributed by atoms with van der Waals surface area (Å²) in [5.74, 6) is 0.660. The molecule has 2 aromatic rings. The van der Waals surface area contributed by atoms with Gasteiger partial charge in [0, 0.05) is 25.1 Å². The summed E-state index contributed by atoms with van der Waals surface area (Å²) in [5.41, 5.74) is 0.310. The van der Waals surface area contributed by atoms with Crippen molar-refractivity contribution in [2.45, 2.75) is 13.0 Å². The lowest BCUT2D eigenvalue weighted by Crippen LogP contribution is -2.16. The van der Waals surface area contributed by atoms with E-state index in [-0.39, 0.29) is 5.91 Å². The van der Waals surface area contributed by atoms with E-state index < -0.39 is 0 Å². The monoisotopic (exact) mass is 234 g/mol. The maximum atomic E-state index is 11.8. The molecule has 0 saturated carbocycles. The zero-order chi connectivity index (χ0) is 11.7. The number of aryl methyl sites for hydroxylation is 1. The van der Waals surface area contributed by atoms with Crippen molar-refractivity contribution in [2.75, 3.05) is 11.9 Å². The smallest absolute Gasteiger partial charge is 0.277 e. The molecule has 0 aromatic carbocycles. The molecule has 0 spiro atoms. The van der Waals surface area contributed by atoms with Crippen molar-refractivity contribution in [2.24, 2.45) is 0 Å². The Bertz CT molecular complexity index is 508. The SMILES string of the molecule is O=C(Nc1ccon1)c1cc2n(n1)CCCO2. The van der Waals surface area contributed by atoms with Crippen LogP contribution in [0.2, 0.25) is 0 Å². The number of hydrogen-bond donors (Lipinski definition) is 1. The molecule has 0 bridgehead atoms. The fraction of sp³-hybridized carbons (Fsp3) is 0.300. The fourth-order valence-corrected chi connectivity index (χ4v) is 1.64. The van der Waals surface area contributed by atoms with E-state index in [2.05, 4.69) is 20.1 Å². The summed E-state index contributed by atoms with van der Waals surface area (Å²) in [6.07, 6.45) is 2.29. The number of anilines is 1. The number of carbonyl (C=O) groups excluding carboxylic acids is 1. The molecule has 1 aliphatic heterocycles. The molecule has 0 fully saturated rings. The largest absolute Gasteiger partial charge is 0.478 e. The standard InChI is InChI=1S/C10H10N4O3/c15-10(11-8-2-5-17-13-8)7-6-9-14(12-7)3-1-4-16-9/h2,5-6H,1,3-4H2,(H,11,13,15). The van der Waals surface area contributed by atoms with Crippen LogP contribution in [0.15, 0.2) is 22.9 Å². The third-order valence-electron chi connectivity index (χ3n) is 2.42. The van der Waals surface area contributed by atoms with E-state index >= 15 is 0 Å². The Morgan fingerprint density at radius 3 is 3.24 bits per heavy atom. The van der Waals surface area contributed by atoms with Crippen molar-refractivity contribution >= 4 is 11.7 Å². The number of rotatable bonds is 2. The van der Waals surface area contributed by atoms with Gasteiger partial charge in [-0.15, -0.1) is 0 Å². The van der Waals surface area contributed by atoms with Crippen LogP contribution in [0.4, 0.5) is 5.82 Å². The number of carbonyl (C=O) groups is 1. The average molecular weight is 234 g/mol. The van der Waals surface area contributed by atoms with E-state index in [0.717, 1.165) is 13.0 Å². The predicted molar refractivity (Wildman–Crippen MR) is 56.8 cm³/mol. The van der Waals surface area contributed by atoms with Crippen molar-refractivity contribution in [3.63, 3.8) is 0 Å². The number of fused-ring (bicyclic) bond motifs is 1. The molecule has 3 heterocycles. The van der Waals surface area contributed by atoms with E-state index in [1.165, 1.54) is 6.26 Å². The highest BCUT2D eigenvalue weighted by atomic mass is 16.5. The topological polar surface area (TPSA) is 82.2 Å². The molecule has 17 heavy (non-hydrogen) atoms. The van der Waals surface area contributed by atoms with Gasteiger partial charge in [0.2, 0.25) is 5.88 Å². The molecule has 3 rings (SSSR count). The Morgan fingerprint density at radius 1 is 1.53 bits per heavy atom. The molecule has 7 heteroatoms. The molecule has 7 nitrogen and oxygen atoms in total. The lowest BCUT2D eigenvalue weighted by atomic mass is 10.4. The average Bonchev–Trinajstić information content (AvgIpc) is 2.96. The van der Waals surface area contributed by atoms with Crippen LogP contribution in [-0.2, 0) is 6.54 Å². The number of aromatic nitrogens is 3. The first-order valence-corrected chi connectivity index (χ1v) is 5.25. The highest BCUT2D eigenvalue weighted by molar-refractivity contribution is 6.02. The molecule has 0 aliphatic carbocycles. The lowest BCUT2D eigenvalue weighted by molar-refractivity contribution is 0.102. The molecule has 0 atom stereocenters. The molecular formula is C10H10N4O3. The second-order valence-electron chi connectivity index (χ2n) is 3.63. The van der Waals surface area contributed by atoms with Crippen molar-refractivity contribution < 1.29 is 14.1 Å². The van der Waals surface area contributed by atoms with E-state index in [1.54, 1.807) is 16.8 Å². The number of hydrogen-bond acceptors (Lipinski definition) is 5. The predicted octanol–water partition coefficient (Wildman–Crippen LogP) is 0.906. The van der Waals surface area contributed by atoms with Gasteiger partial charge in [-0.05, 0) is 0 Å². The minimum atomic E-state index is -0.329. The molecule has 0 unspecified atom stereocenters. The minimum absolute atomic E-state index is 0.310. The zero-order valence-corrected chi connectivity index (χ0v) is 8.92. The van der Waals surface area contributed by atoms with Gasteiger partial charge in [-0.25, -0.2) is 4.68 Å². The molecule has 2 aromatic heterocycles. The van der Waals surface area contributed by atoms with Crippen molar-refractivity contribution in [1.82, 2.24) is 14.9 Å². The summed E-state index contributed by atoms with van der Waals surface area (Å²) in [5, 5.41) is 10.3. The molecular weight excluding hydrogens is 224 g/mol. The first kappa shape index (κ1) is 9.88. The first-order chi connectivity index (χ1) is 8.33. The molecule has 1 N–H and O–H groups in total. The number of amides is 1. The molecule has 1 amide bonds. The van der Waals surface area contributed by atoms with E-state index in [1.807, 2.05) is 0 Å². The highest BCUT2D eigenvalue weighted by Crippen LogP contribution is 2.18. The van der Waals surface area contributed by atoms with Gasteiger partial charge in [-0.1, -0.05) is 5.16 Å². The van der Waals surface area contributed by atoms with Gasteiger partial charge in [0.15, 0.2) is 11.5 Å².